The Balaban J connectivity index is 1.78. The van der Waals surface area contributed by atoms with Crippen LogP contribution in [0, 0.1) is 0 Å². The maximum Gasteiger partial charge on any atom is 0.416 e. The standard InChI is InChI=1S/C18H13F3N2/c19-18(20,21)15-9-7-14(8-10-15)17-12-16(22-23-17)11-6-13-4-2-1-3-5-13/h1-12H,(H,22,23). The Labute approximate surface area is 131 Å². The lowest BCUT2D eigenvalue weighted by Crippen LogP contribution is -2.03. The second-order valence-electron chi connectivity index (χ2n) is 5.03. The highest BCUT2D eigenvalue weighted by molar-refractivity contribution is 5.70. The van der Waals surface area contributed by atoms with Gasteiger partial charge in [0.2, 0.25) is 0 Å². The molecule has 3 aromatic rings. The molecule has 1 aromatic heterocycles. The second kappa shape index (κ2) is 6.12. The van der Waals surface area contributed by atoms with E-state index in [2.05, 4.69) is 10.2 Å². The number of halogens is 3. The first kappa shape index (κ1) is 15.1. The van der Waals surface area contributed by atoms with Gasteiger partial charge < -0.3 is 0 Å². The maximum absolute atomic E-state index is 12.6. The largest absolute Gasteiger partial charge is 0.416 e. The van der Waals surface area contributed by atoms with Gasteiger partial charge in [0.15, 0.2) is 0 Å². The van der Waals surface area contributed by atoms with Gasteiger partial charge >= 0.3 is 6.18 Å². The molecule has 0 aliphatic carbocycles. The Morgan fingerprint density at radius 2 is 1.57 bits per heavy atom. The quantitative estimate of drug-likeness (QED) is 0.701. The molecule has 0 saturated heterocycles. The summed E-state index contributed by atoms with van der Waals surface area (Å²) >= 11 is 0. The van der Waals surface area contributed by atoms with Gasteiger partial charge in [0.1, 0.15) is 0 Å². The van der Waals surface area contributed by atoms with Crippen LogP contribution in [0.4, 0.5) is 13.2 Å². The van der Waals surface area contributed by atoms with Crippen molar-refractivity contribution in [2.45, 2.75) is 6.18 Å². The number of alkyl halides is 3. The van der Waals surface area contributed by atoms with Crippen molar-refractivity contribution in [2.75, 3.05) is 0 Å². The van der Waals surface area contributed by atoms with Gasteiger partial charge in [-0.05, 0) is 29.8 Å². The zero-order chi connectivity index (χ0) is 16.3. The Hall–Kier alpha value is -2.82. The molecule has 116 valence electrons. The van der Waals surface area contributed by atoms with Crippen LogP contribution >= 0.6 is 0 Å². The number of nitrogens with zero attached hydrogens (tertiary/aromatic N) is 1. The minimum Gasteiger partial charge on any atom is -0.278 e. The van der Waals surface area contributed by atoms with Crippen molar-refractivity contribution in [3.8, 4) is 11.3 Å². The summed E-state index contributed by atoms with van der Waals surface area (Å²) in [5.41, 5.74) is 2.41. The molecule has 5 heteroatoms. The van der Waals surface area contributed by atoms with Crippen LogP contribution in [0.5, 0.6) is 0 Å². The number of benzene rings is 2. The summed E-state index contributed by atoms with van der Waals surface area (Å²) in [6.07, 6.45) is -0.520. The maximum atomic E-state index is 12.6. The van der Waals surface area contributed by atoms with Crippen molar-refractivity contribution in [1.82, 2.24) is 10.2 Å². The third-order valence-electron chi connectivity index (χ3n) is 3.36. The van der Waals surface area contributed by atoms with Crippen LogP contribution in [0.3, 0.4) is 0 Å². The molecule has 1 N–H and O–H groups in total. The fourth-order valence-corrected chi connectivity index (χ4v) is 2.15. The summed E-state index contributed by atoms with van der Waals surface area (Å²) in [6, 6.07) is 16.5. The number of aromatic nitrogens is 2. The lowest BCUT2D eigenvalue weighted by atomic mass is 10.1. The van der Waals surface area contributed by atoms with Gasteiger partial charge in [-0.1, -0.05) is 48.5 Å². The molecule has 23 heavy (non-hydrogen) atoms. The average Bonchev–Trinajstić information content (AvgIpc) is 3.02. The smallest absolute Gasteiger partial charge is 0.278 e. The summed E-state index contributed by atoms with van der Waals surface area (Å²) in [6.45, 7) is 0. The van der Waals surface area contributed by atoms with Crippen LogP contribution in [-0.2, 0) is 6.18 Å². The van der Waals surface area contributed by atoms with Crippen molar-refractivity contribution in [2.24, 2.45) is 0 Å². The summed E-state index contributed by atoms with van der Waals surface area (Å²) < 4.78 is 37.7. The van der Waals surface area contributed by atoms with Gasteiger partial charge in [0, 0.05) is 5.56 Å². The van der Waals surface area contributed by atoms with Crippen LogP contribution in [-0.4, -0.2) is 10.2 Å². The summed E-state index contributed by atoms with van der Waals surface area (Å²) in [4.78, 5) is 0. The first-order chi connectivity index (χ1) is 11.0. The predicted molar refractivity (Wildman–Crippen MR) is 84.4 cm³/mol. The fourth-order valence-electron chi connectivity index (χ4n) is 2.15. The molecule has 0 aliphatic rings. The van der Waals surface area contributed by atoms with E-state index < -0.39 is 11.7 Å². The highest BCUT2D eigenvalue weighted by Gasteiger charge is 2.30. The lowest BCUT2D eigenvalue weighted by molar-refractivity contribution is -0.137. The molecule has 0 bridgehead atoms. The van der Waals surface area contributed by atoms with Crippen LogP contribution in [0.1, 0.15) is 16.8 Å². The van der Waals surface area contributed by atoms with Crippen molar-refractivity contribution >= 4 is 12.2 Å². The van der Waals surface area contributed by atoms with E-state index in [1.54, 1.807) is 6.07 Å². The molecule has 0 aliphatic heterocycles. The van der Waals surface area contributed by atoms with Crippen LogP contribution in [0.15, 0.2) is 60.7 Å². The number of rotatable bonds is 3. The summed E-state index contributed by atoms with van der Waals surface area (Å²) in [5, 5.41) is 6.99. The van der Waals surface area contributed by atoms with Gasteiger partial charge in [0.05, 0.1) is 17.0 Å². The molecule has 0 atom stereocenters. The third kappa shape index (κ3) is 3.69. The molecule has 0 spiro atoms. The summed E-state index contributed by atoms with van der Waals surface area (Å²) in [7, 11) is 0. The van der Waals surface area contributed by atoms with E-state index in [9.17, 15) is 13.2 Å². The molecular weight excluding hydrogens is 301 g/mol. The van der Waals surface area contributed by atoms with Crippen LogP contribution < -0.4 is 0 Å². The van der Waals surface area contributed by atoms with Gasteiger partial charge in [-0.2, -0.15) is 18.3 Å². The van der Waals surface area contributed by atoms with Gasteiger partial charge in [0.25, 0.3) is 0 Å². The lowest BCUT2D eigenvalue weighted by Gasteiger charge is -2.06. The number of hydrogen-bond donors (Lipinski definition) is 1. The zero-order valence-corrected chi connectivity index (χ0v) is 12.0. The van der Waals surface area contributed by atoms with E-state index in [-0.39, 0.29) is 0 Å². The summed E-state index contributed by atoms with van der Waals surface area (Å²) in [5.74, 6) is 0. The Morgan fingerprint density at radius 1 is 0.870 bits per heavy atom. The number of H-pyrrole nitrogens is 1. The molecule has 0 saturated carbocycles. The van der Waals surface area contributed by atoms with Crippen LogP contribution in [0.25, 0.3) is 23.4 Å². The van der Waals surface area contributed by atoms with E-state index in [0.29, 0.717) is 11.3 Å². The minimum absolute atomic E-state index is 0.603. The molecular formula is C18H13F3N2. The van der Waals surface area contributed by atoms with Gasteiger partial charge in [-0.25, -0.2) is 0 Å². The Morgan fingerprint density at radius 3 is 2.22 bits per heavy atom. The van der Waals surface area contributed by atoms with E-state index >= 15 is 0 Å². The highest BCUT2D eigenvalue weighted by Crippen LogP contribution is 2.30. The first-order valence-corrected chi connectivity index (χ1v) is 6.98. The molecule has 3 rings (SSSR count). The second-order valence-corrected chi connectivity index (χ2v) is 5.03. The SMILES string of the molecule is FC(F)(F)c1ccc(-c2cc(C=Cc3ccccc3)[nH]n2)cc1. The fraction of sp³-hybridized carbons (Fsp3) is 0.0556. The average molecular weight is 314 g/mol. The molecule has 0 amide bonds. The van der Waals surface area contributed by atoms with Gasteiger partial charge in [-0.3, -0.25) is 5.10 Å². The van der Waals surface area contributed by atoms with Crippen molar-refractivity contribution in [1.29, 1.82) is 0 Å². The number of aromatic amines is 1. The Kier molecular flexibility index (Phi) is 4.02. The third-order valence-corrected chi connectivity index (χ3v) is 3.36. The number of nitrogens with one attached hydrogen (secondary N) is 1. The topological polar surface area (TPSA) is 28.7 Å². The van der Waals surface area contributed by atoms with E-state index in [4.69, 9.17) is 0 Å². The van der Waals surface area contributed by atoms with E-state index in [1.807, 2.05) is 42.5 Å². The normalized spacial score (nSPS) is 12.0. The van der Waals surface area contributed by atoms with Crippen LogP contribution in [0.2, 0.25) is 0 Å². The molecule has 0 fully saturated rings. The van der Waals surface area contributed by atoms with Crippen molar-refractivity contribution in [3.05, 3.63) is 77.5 Å². The molecule has 1 heterocycles. The Bertz CT molecular complexity index is 800. The minimum atomic E-state index is -4.33. The van der Waals surface area contributed by atoms with E-state index in [1.165, 1.54) is 12.1 Å². The van der Waals surface area contributed by atoms with Gasteiger partial charge in [-0.15, -0.1) is 0 Å². The molecule has 0 unspecified atom stereocenters. The monoisotopic (exact) mass is 314 g/mol. The van der Waals surface area contributed by atoms with Crippen molar-refractivity contribution < 1.29 is 13.2 Å². The molecule has 2 nitrogen and oxygen atoms in total. The molecule has 0 radical (unpaired) electrons. The molecule has 2 aromatic carbocycles. The predicted octanol–water partition coefficient (Wildman–Crippen LogP) is 5.27. The zero-order valence-electron chi connectivity index (χ0n) is 12.0. The first-order valence-electron chi connectivity index (χ1n) is 6.98. The highest BCUT2D eigenvalue weighted by atomic mass is 19.4. The van der Waals surface area contributed by atoms with E-state index in [0.717, 1.165) is 23.4 Å². The van der Waals surface area contributed by atoms with Crippen molar-refractivity contribution in [3.63, 3.8) is 0 Å². The number of hydrogen-bond acceptors (Lipinski definition) is 1.